The van der Waals surface area contributed by atoms with Gasteiger partial charge in [0, 0.05) is 38.3 Å². The van der Waals surface area contributed by atoms with Crippen LogP contribution in [0.15, 0.2) is 48.7 Å². The Bertz CT molecular complexity index is 721. The maximum Gasteiger partial charge on any atom is 0.274 e. The average molecular weight is 338 g/mol. The largest absolute Gasteiger partial charge is 0.335 e. The van der Waals surface area contributed by atoms with E-state index in [1.54, 1.807) is 23.2 Å². The maximum atomic E-state index is 12.7. The predicted octanol–water partition coefficient (Wildman–Crippen LogP) is 2.13. The van der Waals surface area contributed by atoms with Gasteiger partial charge < -0.3 is 9.80 Å². The minimum absolute atomic E-state index is 0.00386. The molecule has 1 aromatic heterocycles. The van der Waals surface area contributed by atoms with Gasteiger partial charge in [0.15, 0.2) is 5.69 Å². The summed E-state index contributed by atoms with van der Waals surface area (Å²) in [6.45, 7) is 3.55. The van der Waals surface area contributed by atoms with Crippen LogP contribution in [0.3, 0.4) is 0 Å². The van der Waals surface area contributed by atoms with E-state index >= 15 is 0 Å². The Morgan fingerprint density at radius 2 is 2.00 bits per heavy atom. The molecule has 3 rings (SSSR count). The first-order valence-corrected chi connectivity index (χ1v) is 8.59. The monoisotopic (exact) mass is 338 g/mol. The highest BCUT2D eigenvalue weighted by atomic mass is 16.2. The van der Waals surface area contributed by atoms with E-state index in [9.17, 15) is 9.59 Å². The van der Waals surface area contributed by atoms with E-state index in [0.29, 0.717) is 31.7 Å². The van der Waals surface area contributed by atoms with Crippen LogP contribution < -0.4 is 0 Å². The summed E-state index contributed by atoms with van der Waals surface area (Å²) in [6.07, 6.45) is 2.66. The summed E-state index contributed by atoms with van der Waals surface area (Å²) in [5.74, 6) is -0.0777. The lowest BCUT2D eigenvalue weighted by molar-refractivity contribution is -0.133. The molecule has 1 aliphatic heterocycles. The van der Waals surface area contributed by atoms with Gasteiger partial charge in [-0.3, -0.25) is 9.59 Å². The molecule has 0 N–H and O–H groups in total. The molecule has 0 unspecified atom stereocenters. The molecule has 0 saturated carbocycles. The standard InChI is InChI=1S/C19H22N4O2/c1-2-16-14-22(19(25)17-9-6-11-20-21-17)12-10-18(24)23(16)13-15-7-4-3-5-8-15/h3-9,11,16H,2,10,12-14H2,1H3/t16-/m1/s1. The minimum atomic E-state index is -0.166. The third kappa shape index (κ3) is 4.02. The Balaban J connectivity index is 1.77. The summed E-state index contributed by atoms with van der Waals surface area (Å²) >= 11 is 0. The molecular formula is C19H22N4O2. The number of aromatic nitrogens is 2. The van der Waals surface area contributed by atoms with Crippen molar-refractivity contribution in [3.8, 4) is 0 Å². The number of amides is 2. The number of hydrogen-bond donors (Lipinski definition) is 0. The van der Waals surface area contributed by atoms with Crippen molar-refractivity contribution in [3.05, 3.63) is 59.9 Å². The van der Waals surface area contributed by atoms with Crippen LogP contribution in [0, 0.1) is 0 Å². The molecule has 0 spiro atoms. The van der Waals surface area contributed by atoms with Gasteiger partial charge in [0.25, 0.3) is 5.91 Å². The van der Waals surface area contributed by atoms with Gasteiger partial charge in [0.05, 0.1) is 0 Å². The number of benzene rings is 1. The summed E-state index contributed by atoms with van der Waals surface area (Å²) in [5.41, 5.74) is 1.42. The Morgan fingerprint density at radius 1 is 1.20 bits per heavy atom. The molecule has 1 aliphatic rings. The zero-order valence-corrected chi connectivity index (χ0v) is 14.3. The van der Waals surface area contributed by atoms with Crippen LogP contribution >= 0.6 is 0 Å². The molecular weight excluding hydrogens is 316 g/mol. The van der Waals surface area contributed by atoms with E-state index in [1.807, 2.05) is 42.2 Å². The molecule has 2 heterocycles. The van der Waals surface area contributed by atoms with Crippen LogP contribution in [0.2, 0.25) is 0 Å². The van der Waals surface area contributed by atoms with E-state index in [-0.39, 0.29) is 17.9 Å². The van der Waals surface area contributed by atoms with Crippen molar-refractivity contribution in [1.29, 1.82) is 0 Å². The number of carbonyl (C=O) groups is 2. The van der Waals surface area contributed by atoms with Gasteiger partial charge in [0.1, 0.15) is 0 Å². The van der Waals surface area contributed by atoms with Crippen molar-refractivity contribution in [2.75, 3.05) is 13.1 Å². The molecule has 0 bridgehead atoms. The van der Waals surface area contributed by atoms with Gasteiger partial charge in [-0.25, -0.2) is 0 Å². The molecule has 6 nitrogen and oxygen atoms in total. The lowest BCUT2D eigenvalue weighted by atomic mass is 10.1. The zero-order valence-electron chi connectivity index (χ0n) is 14.3. The molecule has 1 fully saturated rings. The van der Waals surface area contributed by atoms with Crippen LogP contribution in [-0.2, 0) is 11.3 Å². The van der Waals surface area contributed by atoms with Crippen LogP contribution in [0.4, 0.5) is 0 Å². The first-order chi connectivity index (χ1) is 12.2. The number of carbonyl (C=O) groups excluding carboxylic acids is 2. The van der Waals surface area contributed by atoms with Crippen molar-refractivity contribution < 1.29 is 9.59 Å². The Hall–Kier alpha value is -2.76. The summed E-state index contributed by atoms with van der Waals surface area (Å²) in [4.78, 5) is 29.0. The fourth-order valence-corrected chi connectivity index (χ4v) is 3.13. The van der Waals surface area contributed by atoms with E-state index in [2.05, 4.69) is 10.2 Å². The topological polar surface area (TPSA) is 66.4 Å². The average Bonchev–Trinajstić information content (AvgIpc) is 2.82. The molecule has 2 amide bonds. The normalized spacial score (nSPS) is 18.1. The first kappa shape index (κ1) is 17.1. The molecule has 0 radical (unpaired) electrons. The number of rotatable bonds is 4. The quantitative estimate of drug-likeness (QED) is 0.856. The van der Waals surface area contributed by atoms with E-state index in [0.717, 1.165) is 12.0 Å². The molecule has 130 valence electrons. The maximum absolute atomic E-state index is 12.7. The van der Waals surface area contributed by atoms with Gasteiger partial charge in [-0.15, -0.1) is 5.10 Å². The summed E-state index contributed by atoms with van der Waals surface area (Å²) < 4.78 is 0. The van der Waals surface area contributed by atoms with Crippen molar-refractivity contribution >= 4 is 11.8 Å². The van der Waals surface area contributed by atoms with Crippen molar-refractivity contribution in [1.82, 2.24) is 20.0 Å². The lowest BCUT2D eigenvalue weighted by Gasteiger charge is -2.31. The van der Waals surface area contributed by atoms with Crippen LogP contribution in [-0.4, -0.2) is 50.9 Å². The molecule has 0 aliphatic carbocycles. The van der Waals surface area contributed by atoms with Gasteiger partial charge in [0.2, 0.25) is 5.91 Å². The summed E-state index contributed by atoms with van der Waals surface area (Å²) in [5, 5.41) is 7.68. The van der Waals surface area contributed by atoms with Gasteiger partial charge in [-0.05, 0) is 24.1 Å². The Labute approximate surface area is 147 Å². The summed E-state index contributed by atoms with van der Waals surface area (Å²) in [7, 11) is 0. The van der Waals surface area contributed by atoms with E-state index in [4.69, 9.17) is 0 Å². The van der Waals surface area contributed by atoms with Crippen LogP contribution in [0.5, 0.6) is 0 Å². The van der Waals surface area contributed by atoms with Crippen molar-refractivity contribution in [2.45, 2.75) is 32.4 Å². The van der Waals surface area contributed by atoms with Gasteiger partial charge in [-0.1, -0.05) is 37.3 Å². The minimum Gasteiger partial charge on any atom is -0.335 e. The highest BCUT2D eigenvalue weighted by molar-refractivity contribution is 5.92. The van der Waals surface area contributed by atoms with Crippen molar-refractivity contribution in [3.63, 3.8) is 0 Å². The lowest BCUT2D eigenvalue weighted by Crippen LogP contribution is -2.44. The predicted molar refractivity (Wildman–Crippen MR) is 93.6 cm³/mol. The molecule has 1 aromatic carbocycles. The zero-order chi connectivity index (χ0) is 17.6. The first-order valence-electron chi connectivity index (χ1n) is 8.59. The fourth-order valence-electron chi connectivity index (χ4n) is 3.13. The molecule has 6 heteroatoms. The number of hydrogen-bond acceptors (Lipinski definition) is 4. The Morgan fingerprint density at radius 3 is 2.68 bits per heavy atom. The Kier molecular flexibility index (Phi) is 5.38. The second-order valence-electron chi connectivity index (χ2n) is 6.18. The van der Waals surface area contributed by atoms with E-state index < -0.39 is 0 Å². The summed E-state index contributed by atoms with van der Waals surface area (Å²) in [6, 6.07) is 13.3. The third-order valence-corrected chi connectivity index (χ3v) is 4.53. The highest BCUT2D eigenvalue weighted by Gasteiger charge is 2.31. The molecule has 2 aromatic rings. The SMILES string of the molecule is CC[C@@H]1CN(C(=O)c2cccnn2)CCC(=O)N1Cc1ccccc1. The smallest absolute Gasteiger partial charge is 0.274 e. The second-order valence-corrected chi connectivity index (χ2v) is 6.18. The molecule has 25 heavy (non-hydrogen) atoms. The van der Waals surface area contributed by atoms with Gasteiger partial charge >= 0.3 is 0 Å². The second kappa shape index (κ2) is 7.88. The fraction of sp³-hybridized carbons (Fsp3) is 0.368. The molecule has 1 atom stereocenters. The highest BCUT2D eigenvalue weighted by Crippen LogP contribution is 2.18. The van der Waals surface area contributed by atoms with Crippen LogP contribution in [0.25, 0.3) is 0 Å². The van der Waals surface area contributed by atoms with E-state index in [1.165, 1.54) is 0 Å². The third-order valence-electron chi connectivity index (χ3n) is 4.53. The number of nitrogens with zero attached hydrogens (tertiary/aromatic N) is 4. The van der Waals surface area contributed by atoms with Crippen molar-refractivity contribution in [2.24, 2.45) is 0 Å². The van der Waals surface area contributed by atoms with Crippen LogP contribution in [0.1, 0.15) is 35.8 Å². The molecule has 1 saturated heterocycles. The van der Waals surface area contributed by atoms with Gasteiger partial charge in [-0.2, -0.15) is 5.10 Å².